The molecule has 1 aromatic heterocycles. The third kappa shape index (κ3) is 3.21. The fraction of sp³-hybridized carbons (Fsp3) is 0.455. The van der Waals surface area contributed by atoms with Gasteiger partial charge in [-0.2, -0.15) is 13.2 Å². The Morgan fingerprint density at radius 3 is 2.52 bits per heavy atom. The molecule has 1 saturated carbocycles. The van der Waals surface area contributed by atoms with Crippen LogP contribution in [0.4, 0.5) is 19.0 Å². The molecule has 0 amide bonds. The van der Waals surface area contributed by atoms with Gasteiger partial charge in [0, 0.05) is 23.1 Å². The Hall–Kier alpha value is -2.41. The van der Waals surface area contributed by atoms with E-state index in [1.54, 1.807) is 13.8 Å². The highest BCUT2D eigenvalue weighted by Gasteiger charge is 2.49. The van der Waals surface area contributed by atoms with Crippen molar-refractivity contribution in [1.82, 2.24) is 10.3 Å². The summed E-state index contributed by atoms with van der Waals surface area (Å²) in [6, 6.07) is 6.27. The predicted molar refractivity (Wildman–Crippen MR) is 107 cm³/mol. The van der Waals surface area contributed by atoms with Crippen molar-refractivity contribution in [1.29, 1.82) is 0 Å². The summed E-state index contributed by atoms with van der Waals surface area (Å²) >= 11 is 0. The van der Waals surface area contributed by atoms with Gasteiger partial charge in [0.2, 0.25) is 0 Å². The molecule has 7 heteroatoms. The number of aliphatic imine (C=N–C) groups is 1. The van der Waals surface area contributed by atoms with Gasteiger partial charge in [0.1, 0.15) is 11.7 Å². The normalized spacial score (nSPS) is 26.4. The number of aromatic nitrogens is 1. The van der Waals surface area contributed by atoms with E-state index in [2.05, 4.69) is 10.6 Å². The first-order valence-corrected chi connectivity index (χ1v) is 9.97. The minimum absolute atomic E-state index is 0.196. The van der Waals surface area contributed by atoms with Gasteiger partial charge in [-0.05, 0) is 68.5 Å². The molecule has 1 aromatic carbocycles. The molecule has 0 spiro atoms. The van der Waals surface area contributed by atoms with Crippen molar-refractivity contribution >= 4 is 11.7 Å². The number of fused-ring (bicyclic) bond motifs is 2. The summed E-state index contributed by atoms with van der Waals surface area (Å²) in [5.41, 5.74) is 3.22. The average molecular weight is 400 g/mol. The van der Waals surface area contributed by atoms with Crippen LogP contribution in [0.25, 0.3) is 11.3 Å². The van der Waals surface area contributed by atoms with Crippen LogP contribution >= 0.6 is 0 Å². The molecular weight excluding hydrogens is 377 g/mol. The molecule has 0 radical (unpaired) electrons. The molecule has 3 fully saturated rings. The lowest BCUT2D eigenvalue weighted by molar-refractivity contribution is -0.137. The number of amidine groups is 1. The minimum atomic E-state index is -4.35. The molecule has 152 valence electrons. The standard InChI is InChI=1S/C22H23F3N4/c1-12-5-16(22(23,24)25)6-13(2)19(12)17-4-3-15-7-18(29-20(15)28-17)26-11-21-8-14(9-21)10-27-21/h3-6,14,27H,7-11H2,1-2H3,(H,26,28,29). The fourth-order valence-electron chi connectivity index (χ4n) is 4.99. The average Bonchev–Trinajstić information content (AvgIpc) is 3.31. The number of hydrogen-bond acceptors (Lipinski definition) is 3. The molecule has 4 nitrogen and oxygen atoms in total. The van der Waals surface area contributed by atoms with Crippen LogP contribution in [0.5, 0.6) is 0 Å². The summed E-state index contributed by atoms with van der Waals surface area (Å²) in [6.45, 7) is 5.29. The van der Waals surface area contributed by atoms with Crippen LogP contribution in [0.2, 0.25) is 0 Å². The lowest BCUT2D eigenvalue weighted by atomic mass is 9.74. The number of aryl methyl sites for hydroxylation is 2. The molecule has 29 heavy (non-hydrogen) atoms. The molecule has 1 aliphatic carbocycles. The molecule has 2 N–H and O–H groups in total. The lowest BCUT2D eigenvalue weighted by Gasteiger charge is -2.36. The van der Waals surface area contributed by atoms with E-state index in [1.165, 1.54) is 25.0 Å². The molecule has 0 atom stereocenters. The number of halogens is 3. The summed E-state index contributed by atoms with van der Waals surface area (Å²) in [6.07, 6.45) is -1.20. The summed E-state index contributed by atoms with van der Waals surface area (Å²) < 4.78 is 39.2. The van der Waals surface area contributed by atoms with Gasteiger partial charge in [0.25, 0.3) is 0 Å². The quantitative estimate of drug-likeness (QED) is 0.798. The largest absolute Gasteiger partial charge is 0.416 e. The number of nitrogens with zero attached hydrogens (tertiary/aromatic N) is 2. The first-order chi connectivity index (χ1) is 13.7. The van der Waals surface area contributed by atoms with Crippen molar-refractivity contribution < 1.29 is 13.2 Å². The van der Waals surface area contributed by atoms with Crippen LogP contribution in [0.1, 0.15) is 35.1 Å². The highest BCUT2D eigenvalue weighted by molar-refractivity contribution is 6.02. The van der Waals surface area contributed by atoms with Crippen molar-refractivity contribution in [2.24, 2.45) is 10.9 Å². The zero-order valence-corrected chi connectivity index (χ0v) is 16.5. The van der Waals surface area contributed by atoms with E-state index < -0.39 is 11.7 Å². The van der Waals surface area contributed by atoms with E-state index in [0.717, 1.165) is 41.8 Å². The van der Waals surface area contributed by atoms with E-state index in [0.29, 0.717) is 23.2 Å². The third-order valence-corrected chi connectivity index (χ3v) is 6.41. The number of benzene rings is 1. The first-order valence-electron chi connectivity index (χ1n) is 9.97. The molecule has 4 aliphatic rings. The van der Waals surface area contributed by atoms with Gasteiger partial charge in [-0.15, -0.1) is 0 Å². The Morgan fingerprint density at radius 2 is 1.90 bits per heavy atom. The maximum absolute atomic E-state index is 13.1. The van der Waals surface area contributed by atoms with Crippen LogP contribution < -0.4 is 10.6 Å². The molecule has 6 rings (SSSR count). The minimum Gasteiger partial charge on any atom is -0.328 e. The number of alkyl halides is 3. The predicted octanol–water partition coefficient (Wildman–Crippen LogP) is 4.50. The van der Waals surface area contributed by atoms with Crippen LogP contribution in [0.3, 0.4) is 0 Å². The van der Waals surface area contributed by atoms with Gasteiger partial charge in [-0.1, -0.05) is 6.07 Å². The molecule has 3 aliphatic heterocycles. The van der Waals surface area contributed by atoms with E-state index in [1.807, 2.05) is 12.1 Å². The Balaban J connectivity index is 1.39. The van der Waals surface area contributed by atoms with Crippen molar-refractivity contribution in [2.45, 2.75) is 44.8 Å². The first kappa shape index (κ1) is 18.6. The highest BCUT2D eigenvalue weighted by Crippen LogP contribution is 2.43. The topological polar surface area (TPSA) is 49.3 Å². The smallest absolute Gasteiger partial charge is 0.328 e. The van der Waals surface area contributed by atoms with Gasteiger partial charge in [-0.3, -0.25) is 4.99 Å². The Morgan fingerprint density at radius 1 is 1.17 bits per heavy atom. The van der Waals surface area contributed by atoms with Crippen molar-refractivity contribution in [2.75, 3.05) is 18.4 Å². The SMILES string of the molecule is Cc1cc(C(F)(F)F)cc(C)c1-c1ccc2c(n1)NC(=NCC13CC(CN1)C3)C2. The van der Waals surface area contributed by atoms with Gasteiger partial charge >= 0.3 is 6.18 Å². The molecule has 4 heterocycles. The van der Waals surface area contributed by atoms with E-state index in [9.17, 15) is 13.2 Å². The van der Waals surface area contributed by atoms with Crippen LogP contribution in [0, 0.1) is 19.8 Å². The second-order valence-corrected chi connectivity index (χ2v) is 8.69. The van der Waals surface area contributed by atoms with Gasteiger partial charge < -0.3 is 10.6 Å². The Bertz CT molecular complexity index is 991. The number of hydrogen-bond donors (Lipinski definition) is 2. The second kappa shape index (κ2) is 6.29. The number of anilines is 1. The van der Waals surface area contributed by atoms with Crippen molar-refractivity contribution in [3.05, 3.63) is 46.5 Å². The van der Waals surface area contributed by atoms with Crippen molar-refractivity contribution in [3.8, 4) is 11.3 Å². The summed E-state index contributed by atoms with van der Waals surface area (Å²) in [5, 5.41) is 6.89. The summed E-state index contributed by atoms with van der Waals surface area (Å²) in [4.78, 5) is 9.49. The lowest BCUT2D eigenvalue weighted by Crippen LogP contribution is -2.46. The van der Waals surface area contributed by atoms with E-state index >= 15 is 0 Å². The zero-order chi connectivity index (χ0) is 20.4. The number of pyridine rings is 1. The summed E-state index contributed by atoms with van der Waals surface area (Å²) in [5.74, 6) is 2.49. The molecule has 2 bridgehead atoms. The van der Waals surface area contributed by atoms with Crippen LogP contribution in [-0.4, -0.2) is 29.4 Å². The number of nitrogens with one attached hydrogen (secondary N) is 2. The molecule has 2 saturated heterocycles. The van der Waals surface area contributed by atoms with Gasteiger partial charge in [0.15, 0.2) is 0 Å². The third-order valence-electron chi connectivity index (χ3n) is 6.41. The van der Waals surface area contributed by atoms with Gasteiger partial charge in [-0.25, -0.2) is 4.98 Å². The maximum Gasteiger partial charge on any atom is 0.416 e. The Labute approximate surface area is 167 Å². The highest BCUT2D eigenvalue weighted by atomic mass is 19.4. The molecule has 2 aromatic rings. The monoisotopic (exact) mass is 400 g/mol. The Kier molecular flexibility index (Phi) is 4.04. The van der Waals surface area contributed by atoms with E-state index in [-0.39, 0.29) is 5.54 Å². The fourth-order valence-corrected chi connectivity index (χ4v) is 4.99. The maximum atomic E-state index is 13.1. The number of rotatable bonds is 3. The molecular formula is C22H23F3N4. The van der Waals surface area contributed by atoms with Gasteiger partial charge in [0.05, 0.1) is 17.8 Å². The zero-order valence-electron chi connectivity index (χ0n) is 16.5. The van der Waals surface area contributed by atoms with Crippen LogP contribution in [0.15, 0.2) is 29.3 Å². The second-order valence-electron chi connectivity index (χ2n) is 8.69. The van der Waals surface area contributed by atoms with Crippen LogP contribution in [-0.2, 0) is 12.6 Å². The summed E-state index contributed by atoms with van der Waals surface area (Å²) in [7, 11) is 0. The van der Waals surface area contributed by atoms with E-state index in [4.69, 9.17) is 9.98 Å². The molecule has 0 unspecified atom stereocenters. The van der Waals surface area contributed by atoms with Crippen molar-refractivity contribution in [3.63, 3.8) is 0 Å².